The number of nitrogens with one attached hydrogen (secondary N) is 1. The molecule has 14 heavy (non-hydrogen) atoms. The lowest BCUT2D eigenvalue weighted by Gasteiger charge is -2.12. The van der Waals surface area contributed by atoms with Crippen molar-refractivity contribution in [2.24, 2.45) is 0 Å². The average Bonchev–Trinajstić information content (AvgIpc) is 2.19. The molecule has 76 valence electrons. The Morgan fingerprint density at radius 2 is 1.93 bits per heavy atom. The van der Waals surface area contributed by atoms with E-state index in [0.717, 1.165) is 12.1 Å². The second-order valence-electron chi connectivity index (χ2n) is 3.53. The van der Waals surface area contributed by atoms with Crippen LogP contribution < -0.4 is 5.32 Å². The van der Waals surface area contributed by atoms with Crippen molar-refractivity contribution in [2.45, 2.75) is 33.2 Å². The van der Waals surface area contributed by atoms with Crippen LogP contribution in [-0.4, -0.2) is 11.8 Å². The van der Waals surface area contributed by atoms with Gasteiger partial charge in [-0.2, -0.15) is 0 Å². The second-order valence-corrected chi connectivity index (χ2v) is 3.53. The number of rotatable bonds is 4. The number of hydrogen-bond donors (Lipinski definition) is 1. The predicted molar refractivity (Wildman–Crippen MR) is 59.6 cm³/mol. The molecule has 0 saturated carbocycles. The lowest BCUT2D eigenvalue weighted by molar-refractivity contribution is -0.117. The zero-order chi connectivity index (χ0) is 10.6. The van der Waals surface area contributed by atoms with Gasteiger partial charge in [-0.3, -0.25) is 4.79 Å². The van der Waals surface area contributed by atoms with Gasteiger partial charge in [0.25, 0.3) is 0 Å². The van der Waals surface area contributed by atoms with E-state index in [1.54, 1.807) is 6.92 Å². The fraction of sp³-hybridized carbons (Fsp3) is 0.417. The Morgan fingerprint density at radius 1 is 1.36 bits per heavy atom. The van der Waals surface area contributed by atoms with Gasteiger partial charge in [0.1, 0.15) is 0 Å². The van der Waals surface area contributed by atoms with E-state index in [1.165, 1.54) is 5.56 Å². The zero-order valence-corrected chi connectivity index (χ0v) is 9.00. The summed E-state index contributed by atoms with van der Waals surface area (Å²) in [5.41, 5.74) is 2.32. The fourth-order valence-electron chi connectivity index (χ4n) is 1.19. The Balaban J connectivity index is 2.64. The van der Waals surface area contributed by atoms with Gasteiger partial charge >= 0.3 is 0 Å². The van der Waals surface area contributed by atoms with Crippen molar-refractivity contribution in [1.29, 1.82) is 0 Å². The molecule has 1 rings (SSSR count). The van der Waals surface area contributed by atoms with Crippen LogP contribution in [0, 0.1) is 0 Å². The quantitative estimate of drug-likeness (QED) is 0.792. The highest BCUT2D eigenvalue weighted by atomic mass is 16.1. The Labute approximate surface area is 85.3 Å². The normalized spacial score (nSPS) is 12.2. The van der Waals surface area contributed by atoms with Gasteiger partial charge in [0.15, 0.2) is 5.78 Å². The summed E-state index contributed by atoms with van der Waals surface area (Å²) in [6.07, 6.45) is 1.04. The van der Waals surface area contributed by atoms with Crippen molar-refractivity contribution in [3.05, 3.63) is 29.8 Å². The highest BCUT2D eigenvalue weighted by Gasteiger charge is 2.05. The predicted octanol–water partition coefficient (Wildman–Crippen LogP) is 2.64. The number of aryl methyl sites for hydroxylation is 1. The minimum absolute atomic E-state index is 0.109. The lowest BCUT2D eigenvalue weighted by atomic mass is 10.1. The van der Waals surface area contributed by atoms with Crippen molar-refractivity contribution in [3.8, 4) is 0 Å². The van der Waals surface area contributed by atoms with E-state index < -0.39 is 0 Å². The average molecular weight is 191 g/mol. The van der Waals surface area contributed by atoms with Crippen LogP contribution in [0.25, 0.3) is 0 Å². The molecule has 0 radical (unpaired) electrons. The number of carbonyl (C=O) groups excluding carboxylic acids is 1. The van der Waals surface area contributed by atoms with Crippen LogP contribution in [-0.2, 0) is 11.2 Å². The van der Waals surface area contributed by atoms with Crippen molar-refractivity contribution in [2.75, 3.05) is 5.32 Å². The van der Waals surface area contributed by atoms with Gasteiger partial charge in [-0.15, -0.1) is 0 Å². The van der Waals surface area contributed by atoms with E-state index in [1.807, 2.05) is 19.1 Å². The van der Waals surface area contributed by atoms with Crippen molar-refractivity contribution < 1.29 is 4.79 Å². The Bertz CT molecular complexity index is 303. The van der Waals surface area contributed by atoms with Gasteiger partial charge in [0.2, 0.25) is 0 Å². The number of Topliss-reactive ketones (excluding diaryl/α,β-unsaturated/α-hetero) is 1. The number of carbonyl (C=O) groups is 1. The highest BCUT2D eigenvalue weighted by molar-refractivity contribution is 5.83. The molecule has 0 heterocycles. The van der Waals surface area contributed by atoms with Crippen LogP contribution in [0.2, 0.25) is 0 Å². The third-order valence-electron chi connectivity index (χ3n) is 2.36. The first-order chi connectivity index (χ1) is 6.63. The first-order valence-electron chi connectivity index (χ1n) is 4.99. The summed E-state index contributed by atoms with van der Waals surface area (Å²) in [5.74, 6) is 0.157. The largest absolute Gasteiger partial charge is 0.376 e. The highest BCUT2D eigenvalue weighted by Crippen LogP contribution is 2.11. The Morgan fingerprint density at radius 3 is 2.36 bits per heavy atom. The van der Waals surface area contributed by atoms with Crippen LogP contribution >= 0.6 is 0 Å². The van der Waals surface area contributed by atoms with E-state index in [0.29, 0.717) is 0 Å². The molecule has 2 heteroatoms. The second kappa shape index (κ2) is 4.80. The maximum absolute atomic E-state index is 11.0. The van der Waals surface area contributed by atoms with Gasteiger partial charge in [0, 0.05) is 5.69 Å². The SMILES string of the molecule is CCc1ccc(NC(C)C(C)=O)cc1. The van der Waals surface area contributed by atoms with Crippen LogP contribution in [0.1, 0.15) is 26.3 Å². The molecule has 0 aliphatic rings. The summed E-state index contributed by atoms with van der Waals surface area (Å²) in [7, 11) is 0. The molecule has 0 bridgehead atoms. The molecule has 1 aromatic rings. The molecule has 1 aromatic carbocycles. The Kier molecular flexibility index (Phi) is 3.69. The van der Waals surface area contributed by atoms with E-state index in [4.69, 9.17) is 0 Å². The van der Waals surface area contributed by atoms with Gasteiger partial charge in [-0.25, -0.2) is 0 Å². The van der Waals surface area contributed by atoms with E-state index in [2.05, 4.69) is 24.4 Å². The third-order valence-corrected chi connectivity index (χ3v) is 2.36. The van der Waals surface area contributed by atoms with Crippen LogP contribution in [0.3, 0.4) is 0 Å². The smallest absolute Gasteiger partial charge is 0.151 e. The zero-order valence-electron chi connectivity index (χ0n) is 9.00. The molecule has 0 spiro atoms. The van der Waals surface area contributed by atoms with E-state index in [-0.39, 0.29) is 11.8 Å². The number of benzene rings is 1. The summed E-state index contributed by atoms with van der Waals surface area (Å²) in [6, 6.07) is 8.07. The summed E-state index contributed by atoms with van der Waals surface area (Å²) < 4.78 is 0. The maximum atomic E-state index is 11.0. The molecule has 2 nitrogen and oxygen atoms in total. The molecular formula is C12H17NO. The number of anilines is 1. The molecule has 1 atom stereocenters. The lowest BCUT2D eigenvalue weighted by Crippen LogP contribution is -2.23. The van der Waals surface area contributed by atoms with Gasteiger partial charge in [-0.1, -0.05) is 19.1 Å². The van der Waals surface area contributed by atoms with E-state index >= 15 is 0 Å². The summed E-state index contributed by atoms with van der Waals surface area (Å²) in [5, 5.41) is 3.14. The van der Waals surface area contributed by atoms with Crippen LogP contribution in [0.15, 0.2) is 24.3 Å². The minimum atomic E-state index is -0.109. The Hall–Kier alpha value is -1.31. The van der Waals surface area contributed by atoms with E-state index in [9.17, 15) is 4.79 Å². The third kappa shape index (κ3) is 2.87. The van der Waals surface area contributed by atoms with Crippen molar-refractivity contribution >= 4 is 11.5 Å². The first kappa shape index (κ1) is 10.8. The molecule has 0 aliphatic carbocycles. The monoisotopic (exact) mass is 191 g/mol. The maximum Gasteiger partial charge on any atom is 0.151 e. The van der Waals surface area contributed by atoms with Crippen LogP contribution in [0.4, 0.5) is 5.69 Å². The van der Waals surface area contributed by atoms with Gasteiger partial charge in [-0.05, 0) is 38.0 Å². The molecule has 0 aliphatic heterocycles. The van der Waals surface area contributed by atoms with Gasteiger partial charge < -0.3 is 5.32 Å². The molecule has 0 aromatic heterocycles. The molecule has 1 unspecified atom stereocenters. The fourth-order valence-corrected chi connectivity index (χ4v) is 1.19. The molecule has 0 fully saturated rings. The molecule has 0 amide bonds. The summed E-state index contributed by atoms with van der Waals surface area (Å²) in [4.78, 5) is 11.0. The molecule has 0 saturated heterocycles. The summed E-state index contributed by atoms with van der Waals surface area (Å²) in [6.45, 7) is 5.59. The van der Waals surface area contributed by atoms with Crippen molar-refractivity contribution in [1.82, 2.24) is 0 Å². The standard InChI is InChI=1S/C12H17NO/c1-4-11-5-7-12(8-6-11)13-9(2)10(3)14/h5-9,13H,4H2,1-3H3. The number of hydrogen-bond acceptors (Lipinski definition) is 2. The minimum Gasteiger partial charge on any atom is -0.376 e. The van der Waals surface area contributed by atoms with Crippen molar-refractivity contribution in [3.63, 3.8) is 0 Å². The summed E-state index contributed by atoms with van der Waals surface area (Å²) >= 11 is 0. The van der Waals surface area contributed by atoms with Crippen LogP contribution in [0.5, 0.6) is 0 Å². The first-order valence-corrected chi connectivity index (χ1v) is 4.99. The molecular weight excluding hydrogens is 174 g/mol. The van der Waals surface area contributed by atoms with Gasteiger partial charge in [0.05, 0.1) is 6.04 Å². The topological polar surface area (TPSA) is 29.1 Å². The molecule has 1 N–H and O–H groups in total. The number of ketones is 1.